The minimum atomic E-state index is 0.837. The van der Waals surface area contributed by atoms with Gasteiger partial charge in [0, 0.05) is 25.2 Å². The molecule has 0 saturated heterocycles. The van der Waals surface area contributed by atoms with Gasteiger partial charge in [-0.2, -0.15) is 0 Å². The van der Waals surface area contributed by atoms with Crippen LogP contribution in [0.2, 0.25) is 0 Å². The number of nitrogens with zero attached hydrogens (tertiary/aromatic N) is 1. The van der Waals surface area contributed by atoms with Gasteiger partial charge in [-0.3, -0.25) is 4.90 Å². The van der Waals surface area contributed by atoms with E-state index in [1.807, 2.05) is 0 Å². The largest absolute Gasteiger partial charge is 0.492 e. The van der Waals surface area contributed by atoms with E-state index >= 15 is 0 Å². The topological polar surface area (TPSA) is 12.5 Å². The first-order valence-electron chi connectivity index (χ1n) is 7.35. The van der Waals surface area contributed by atoms with Gasteiger partial charge in [0.05, 0.1) is 0 Å². The van der Waals surface area contributed by atoms with Crippen LogP contribution in [0.5, 0.6) is 5.75 Å². The summed E-state index contributed by atoms with van der Waals surface area (Å²) in [5.41, 5.74) is 1.35. The van der Waals surface area contributed by atoms with Gasteiger partial charge in [0.1, 0.15) is 12.4 Å². The van der Waals surface area contributed by atoms with E-state index in [1.54, 1.807) is 0 Å². The molecule has 2 aliphatic rings. The lowest BCUT2D eigenvalue weighted by atomic mass is 9.89. The van der Waals surface area contributed by atoms with Crippen LogP contribution in [-0.2, 0) is 6.54 Å². The Morgan fingerprint density at radius 1 is 1.11 bits per heavy atom. The molecule has 18 heavy (non-hydrogen) atoms. The van der Waals surface area contributed by atoms with Gasteiger partial charge in [0.25, 0.3) is 0 Å². The maximum Gasteiger partial charge on any atom is 0.123 e. The number of hydrogen-bond acceptors (Lipinski definition) is 2. The maximum absolute atomic E-state index is 5.83. The molecule has 0 radical (unpaired) electrons. The predicted molar refractivity (Wildman–Crippen MR) is 73.8 cm³/mol. The quantitative estimate of drug-likeness (QED) is 0.791. The molecule has 0 aromatic heterocycles. The van der Waals surface area contributed by atoms with Crippen molar-refractivity contribution in [1.82, 2.24) is 4.90 Å². The molecule has 1 heterocycles. The van der Waals surface area contributed by atoms with E-state index in [1.165, 1.54) is 44.2 Å². The summed E-state index contributed by atoms with van der Waals surface area (Å²) < 4.78 is 5.83. The zero-order valence-electron chi connectivity index (χ0n) is 11.1. The lowest BCUT2D eigenvalue weighted by Gasteiger charge is -2.28. The number of fused-ring (bicyclic) bond motifs is 1. The van der Waals surface area contributed by atoms with Gasteiger partial charge >= 0.3 is 0 Å². The molecule has 1 fully saturated rings. The zero-order valence-corrected chi connectivity index (χ0v) is 11.1. The molecular formula is C16H23NO. The van der Waals surface area contributed by atoms with Gasteiger partial charge in [0.2, 0.25) is 0 Å². The lowest BCUT2D eigenvalue weighted by molar-refractivity contribution is 0.178. The fraction of sp³-hybridized carbons (Fsp3) is 0.625. The standard InChI is InChI=1S/C16H23NO/c1-2-6-14(7-3-1)12-17-10-11-18-16-9-5-4-8-15(16)13-17/h4-5,8-9,14H,1-3,6-7,10-13H2. The Morgan fingerprint density at radius 2 is 1.94 bits per heavy atom. The van der Waals surface area contributed by atoms with Crippen molar-refractivity contribution in [3.05, 3.63) is 29.8 Å². The Morgan fingerprint density at radius 3 is 2.83 bits per heavy atom. The number of para-hydroxylation sites is 1. The molecule has 0 spiro atoms. The smallest absolute Gasteiger partial charge is 0.123 e. The van der Waals surface area contributed by atoms with Gasteiger partial charge in [-0.15, -0.1) is 0 Å². The van der Waals surface area contributed by atoms with Crippen LogP contribution in [0, 0.1) is 5.92 Å². The molecule has 0 unspecified atom stereocenters. The summed E-state index contributed by atoms with van der Waals surface area (Å²) in [4.78, 5) is 2.59. The molecule has 0 bridgehead atoms. The van der Waals surface area contributed by atoms with Crippen LogP contribution in [0.4, 0.5) is 0 Å². The van der Waals surface area contributed by atoms with E-state index in [2.05, 4.69) is 29.2 Å². The van der Waals surface area contributed by atoms with E-state index in [-0.39, 0.29) is 0 Å². The van der Waals surface area contributed by atoms with Crippen molar-refractivity contribution >= 4 is 0 Å². The maximum atomic E-state index is 5.83. The normalized spacial score (nSPS) is 22.0. The Kier molecular flexibility index (Phi) is 3.84. The van der Waals surface area contributed by atoms with Gasteiger partial charge in [-0.05, 0) is 24.8 Å². The predicted octanol–water partition coefficient (Wildman–Crippen LogP) is 3.46. The monoisotopic (exact) mass is 245 g/mol. The van der Waals surface area contributed by atoms with Crippen LogP contribution in [0.1, 0.15) is 37.7 Å². The van der Waals surface area contributed by atoms with E-state index in [9.17, 15) is 0 Å². The number of ether oxygens (including phenoxy) is 1. The highest BCUT2D eigenvalue weighted by atomic mass is 16.5. The van der Waals surface area contributed by atoms with E-state index in [0.717, 1.165) is 31.4 Å². The molecule has 1 aliphatic heterocycles. The molecule has 2 heteroatoms. The van der Waals surface area contributed by atoms with Crippen molar-refractivity contribution in [1.29, 1.82) is 0 Å². The minimum Gasteiger partial charge on any atom is -0.492 e. The van der Waals surface area contributed by atoms with Crippen LogP contribution in [-0.4, -0.2) is 24.6 Å². The molecule has 1 aromatic carbocycles. The van der Waals surface area contributed by atoms with Crippen LogP contribution >= 0.6 is 0 Å². The molecule has 1 aromatic rings. The zero-order chi connectivity index (χ0) is 12.2. The summed E-state index contributed by atoms with van der Waals surface area (Å²) in [5, 5.41) is 0. The second-order valence-electron chi connectivity index (χ2n) is 5.70. The van der Waals surface area contributed by atoms with Crippen molar-refractivity contribution in [2.45, 2.75) is 38.6 Å². The number of benzene rings is 1. The minimum absolute atomic E-state index is 0.837. The molecular weight excluding hydrogens is 222 g/mol. The van der Waals surface area contributed by atoms with Crippen LogP contribution in [0.3, 0.4) is 0 Å². The van der Waals surface area contributed by atoms with Gasteiger partial charge in [-0.25, -0.2) is 0 Å². The first kappa shape index (κ1) is 12.0. The van der Waals surface area contributed by atoms with E-state index in [4.69, 9.17) is 4.74 Å². The van der Waals surface area contributed by atoms with Crippen LogP contribution in [0.15, 0.2) is 24.3 Å². The Bertz CT molecular complexity index is 384. The third kappa shape index (κ3) is 2.86. The van der Waals surface area contributed by atoms with E-state index < -0.39 is 0 Å². The van der Waals surface area contributed by atoms with Gasteiger partial charge in [-0.1, -0.05) is 37.5 Å². The van der Waals surface area contributed by atoms with E-state index in [0.29, 0.717) is 0 Å². The highest BCUT2D eigenvalue weighted by molar-refractivity contribution is 5.33. The summed E-state index contributed by atoms with van der Waals surface area (Å²) in [6, 6.07) is 8.48. The molecule has 0 N–H and O–H groups in total. The average Bonchev–Trinajstić information content (AvgIpc) is 2.61. The third-order valence-electron chi connectivity index (χ3n) is 4.27. The first-order chi connectivity index (χ1) is 8.92. The molecule has 98 valence electrons. The highest BCUT2D eigenvalue weighted by Crippen LogP contribution is 2.27. The fourth-order valence-corrected chi connectivity index (χ4v) is 3.27. The second-order valence-corrected chi connectivity index (χ2v) is 5.70. The molecule has 0 amide bonds. The molecule has 1 saturated carbocycles. The second kappa shape index (κ2) is 5.75. The third-order valence-corrected chi connectivity index (χ3v) is 4.27. The summed E-state index contributed by atoms with van der Waals surface area (Å²) in [7, 11) is 0. The van der Waals surface area contributed by atoms with Gasteiger partial charge in [0.15, 0.2) is 0 Å². The van der Waals surface area contributed by atoms with Crippen molar-refractivity contribution in [2.24, 2.45) is 5.92 Å². The van der Waals surface area contributed by atoms with Gasteiger partial charge < -0.3 is 4.74 Å². The lowest BCUT2D eigenvalue weighted by Crippen LogP contribution is -2.32. The van der Waals surface area contributed by atoms with Crippen molar-refractivity contribution in [3.8, 4) is 5.75 Å². The van der Waals surface area contributed by atoms with Crippen LogP contribution < -0.4 is 4.74 Å². The SMILES string of the molecule is c1ccc2c(c1)CN(CC1CCCCC1)CCO2. The number of hydrogen-bond donors (Lipinski definition) is 0. The molecule has 2 nitrogen and oxygen atoms in total. The first-order valence-corrected chi connectivity index (χ1v) is 7.35. The average molecular weight is 245 g/mol. The number of rotatable bonds is 2. The van der Waals surface area contributed by atoms with Crippen molar-refractivity contribution in [3.63, 3.8) is 0 Å². The fourth-order valence-electron chi connectivity index (χ4n) is 3.27. The highest BCUT2D eigenvalue weighted by Gasteiger charge is 2.20. The van der Waals surface area contributed by atoms with Crippen molar-refractivity contribution in [2.75, 3.05) is 19.7 Å². The van der Waals surface area contributed by atoms with Crippen molar-refractivity contribution < 1.29 is 4.74 Å². The summed E-state index contributed by atoms with van der Waals surface area (Å²) >= 11 is 0. The Hall–Kier alpha value is -1.02. The summed E-state index contributed by atoms with van der Waals surface area (Å²) in [5.74, 6) is 2.01. The Balaban J connectivity index is 1.63. The molecule has 1 aliphatic carbocycles. The molecule has 0 atom stereocenters. The molecule has 3 rings (SSSR count). The summed E-state index contributed by atoms with van der Waals surface area (Å²) in [6.45, 7) is 4.24. The Labute approximate surface area is 110 Å². The summed E-state index contributed by atoms with van der Waals surface area (Å²) in [6.07, 6.45) is 7.18. The van der Waals surface area contributed by atoms with Crippen LogP contribution in [0.25, 0.3) is 0 Å².